The average Bonchev–Trinajstić information content (AvgIpc) is 1.78. The first-order valence-corrected chi connectivity index (χ1v) is 3.91. The summed E-state index contributed by atoms with van der Waals surface area (Å²) >= 11 is 0. The van der Waals surface area contributed by atoms with Crippen molar-refractivity contribution >= 4 is 10.5 Å². The van der Waals surface area contributed by atoms with Crippen molar-refractivity contribution in [3.05, 3.63) is 0 Å². The van der Waals surface area contributed by atoms with Gasteiger partial charge in [0, 0.05) is 0 Å². The van der Waals surface area contributed by atoms with Crippen molar-refractivity contribution in [2.24, 2.45) is 0 Å². The maximum Gasteiger partial charge on any atom is 0.442 e. The zero-order valence-corrected chi connectivity index (χ0v) is 6.67. The van der Waals surface area contributed by atoms with Gasteiger partial charge in [-0.05, 0) is 0 Å². The highest BCUT2D eigenvalue weighted by molar-refractivity contribution is 7.81. The van der Waals surface area contributed by atoms with Crippen LogP contribution >= 0.6 is 0 Å². The summed E-state index contributed by atoms with van der Waals surface area (Å²) < 4.78 is 101. The van der Waals surface area contributed by atoms with Crippen LogP contribution in [-0.4, -0.2) is 26.9 Å². The zero-order chi connectivity index (χ0) is 11.8. The lowest BCUT2D eigenvalue weighted by atomic mass is 10.3. The van der Waals surface area contributed by atoms with E-state index in [9.17, 15) is 38.6 Å². The van der Waals surface area contributed by atoms with Gasteiger partial charge < -0.3 is 0 Å². The van der Waals surface area contributed by atoms with Crippen molar-refractivity contribution in [3.8, 4) is 0 Å². The SMILES string of the molecule is O=S(=O)(F)OC(F)(F)C(F)C(F)(F)F. The summed E-state index contributed by atoms with van der Waals surface area (Å²) in [6.45, 7) is 0. The van der Waals surface area contributed by atoms with Gasteiger partial charge in [-0.25, -0.2) is 4.39 Å². The van der Waals surface area contributed by atoms with Gasteiger partial charge in [0.15, 0.2) is 0 Å². The van der Waals surface area contributed by atoms with Crippen molar-refractivity contribution < 1.29 is 42.8 Å². The van der Waals surface area contributed by atoms with Crippen LogP contribution in [0.2, 0.25) is 0 Å². The molecule has 11 heteroatoms. The Morgan fingerprint density at radius 3 is 1.64 bits per heavy atom. The molecule has 0 aliphatic carbocycles. The van der Waals surface area contributed by atoms with Crippen molar-refractivity contribution in [1.82, 2.24) is 0 Å². The summed E-state index contributed by atoms with van der Waals surface area (Å²) in [7, 11) is -6.38. The van der Waals surface area contributed by atoms with Gasteiger partial charge in [-0.3, -0.25) is 0 Å². The fourth-order valence-electron chi connectivity index (χ4n) is 0.365. The second kappa shape index (κ2) is 3.53. The standard InChI is InChI=1S/C3HF7O3S/c4-1(2(5,6)7)3(8,9)13-14(10,11)12/h1H. The minimum Gasteiger partial charge on any atom is -0.228 e. The summed E-state index contributed by atoms with van der Waals surface area (Å²) in [6.07, 6.45) is -16.8. The minimum atomic E-state index is -6.38. The fraction of sp³-hybridized carbons (Fsp3) is 1.00. The van der Waals surface area contributed by atoms with Crippen molar-refractivity contribution in [2.75, 3.05) is 0 Å². The Kier molecular flexibility index (Phi) is 3.38. The zero-order valence-electron chi connectivity index (χ0n) is 5.86. The van der Waals surface area contributed by atoms with Crippen LogP contribution in [0.25, 0.3) is 0 Å². The first kappa shape index (κ1) is 13.4. The molecule has 0 bridgehead atoms. The van der Waals surface area contributed by atoms with E-state index in [2.05, 4.69) is 0 Å². The van der Waals surface area contributed by atoms with Gasteiger partial charge in [0.1, 0.15) is 0 Å². The van der Waals surface area contributed by atoms with Crippen LogP contribution in [0.3, 0.4) is 0 Å². The van der Waals surface area contributed by atoms with E-state index >= 15 is 0 Å². The van der Waals surface area contributed by atoms with E-state index in [1.165, 1.54) is 0 Å². The fourth-order valence-corrected chi connectivity index (χ4v) is 0.715. The van der Waals surface area contributed by atoms with Gasteiger partial charge in [0.05, 0.1) is 0 Å². The summed E-state index contributed by atoms with van der Waals surface area (Å²) in [5.41, 5.74) is 0. The molecule has 0 radical (unpaired) electrons. The molecule has 86 valence electrons. The molecule has 1 atom stereocenters. The van der Waals surface area contributed by atoms with Gasteiger partial charge in [0.2, 0.25) is 0 Å². The molecule has 0 amide bonds. The molecule has 0 saturated carbocycles. The second-order valence-corrected chi connectivity index (χ2v) is 2.90. The van der Waals surface area contributed by atoms with E-state index in [4.69, 9.17) is 0 Å². The van der Waals surface area contributed by atoms with Crippen LogP contribution in [0, 0.1) is 0 Å². The number of hydrogen-bond donors (Lipinski definition) is 0. The minimum absolute atomic E-state index is 1.99. The summed E-state index contributed by atoms with van der Waals surface area (Å²) in [5.74, 6) is 0. The molecule has 3 nitrogen and oxygen atoms in total. The van der Waals surface area contributed by atoms with Gasteiger partial charge in [-0.15, -0.1) is 0 Å². The van der Waals surface area contributed by atoms with E-state index < -0.39 is 29.0 Å². The second-order valence-electron chi connectivity index (χ2n) is 1.94. The van der Waals surface area contributed by atoms with Gasteiger partial charge in [0.25, 0.3) is 6.17 Å². The molecule has 14 heavy (non-hydrogen) atoms. The van der Waals surface area contributed by atoms with Crippen LogP contribution < -0.4 is 0 Å². The summed E-state index contributed by atoms with van der Waals surface area (Å²) in [6, 6.07) is 0. The quantitative estimate of drug-likeness (QED) is 0.565. The molecule has 0 spiro atoms. The molecule has 0 N–H and O–H groups in total. The van der Waals surface area contributed by atoms with Crippen molar-refractivity contribution in [1.29, 1.82) is 0 Å². The Balaban J connectivity index is 4.80. The number of alkyl halides is 6. The predicted molar refractivity (Wildman–Crippen MR) is 27.0 cm³/mol. The number of rotatable bonds is 3. The van der Waals surface area contributed by atoms with Gasteiger partial charge in [-0.1, -0.05) is 3.89 Å². The van der Waals surface area contributed by atoms with Crippen LogP contribution in [0.1, 0.15) is 0 Å². The molecule has 0 aromatic rings. The highest BCUT2D eigenvalue weighted by atomic mass is 32.3. The van der Waals surface area contributed by atoms with E-state index in [1.54, 1.807) is 0 Å². The average molecular weight is 250 g/mol. The maximum atomic E-state index is 11.9. The molecular weight excluding hydrogens is 249 g/mol. The van der Waals surface area contributed by atoms with E-state index in [0.29, 0.717) is 0 Å². The topological polar surface area (TPSA) is 43.4 Å². The maximum absolute atomic E-state index is 11.9. The normalized spacial score (nSPS) is 16.8. The molecule has 0 saturated heterocycles. The van der Waals surface area contributed by atoms with E-state index in [-0.39, 0.29) is 0 Å². The van der Waals surface area contributed by atoms with Gasteiger partial charge >= 0.3 is 22.8 Å². The Hall–Kier alpha value is -0.580. The predicted octanol–water partition coefficient (Wildman–Crippen LogP) is 1.71. The molecule has 0 aliphatic heterocycles. The molecule has 0 fully saturated rings. The molecular formula is C3HF7O3S. The van der Waals surface area contributed by atoms with Crippen molar-refractivity contribution in [2.45, 2.75) is 18.5 Å². The van der Waals surface area contributed by atoms with Crippen LogP contribution in [0.5, 0.6) is 0 Å². The lowest BCUT2D eigenvalue weighted by molar-refractivity contribution is -0.304. The lowest BCUT2D eigenvalue weighted by Crippen LogP contribution is -2.44. The number of halogens is 7. The highest BCUT2D eigenvalue weighted by Crippen LogP contribution is 2.36. The van der Waals surface area contributed by atoms with Crippen LogP contribution in [0.15, 0.2) is 0 Å². The van der Waals surface area contributed by atoms with Crippen LogP contribution in [-0.2, 0) is 14.7 Å². The third kappa shape index (κ3) is 4.09. The Bertz CT molecular complexity index is 292. The molecule has 1 unspecified atom stereocenters. The smallest absolute Gasteiger partial charge is 0.228 e. The third-order valence-electron chi connectivity index (χ3n) is 0.793. The lowest BCUT2D eigenvalue weighted by Gasteiger charge is -2.19. The Morgan fingerprint density at radius 2 is 1.43 bits per heavy atom. The van der Waals surface area contributed by atoms with E-state index in [0.717, 1.165) is 0 Å². The molecule has 0 rings (SSSR count). The first-order valence-electron chi connectivity index (χ1n) is 2.60. The Labute approximate surface area is 72.9 Å². The summed E-state index contributed by atoms with van der Waals surface area (Å²) in [4.78, 5) is 0. The summed E-state index contributed by atoms with van der Waals surface area (Å²) in [5, 5.41) is 0. The van der Waals surface area contributed by atoms with E-state index in [1.807, 2.05) is 4.18 Å². The molecule has 0 aromatic carbocycles. The largest absolute Gasteiger partial charge is 0.442 e. The highest BCUT2D eigenvalue weighted by Gasteiger charge is 2.60. The first-order chi connectivity index (χ1) is 5.86. The van der Waals surface area contributed by atoms with Crippen LogP contribution in [0.4, 0.5) is 30.2 Å². The van der Waals surface area contributed by atoms with Crippen molar-refractivity contribution in [3.63, 3.8) is 0 Å². The monoisotopic (exact) mass is 250 g/mol. The molecule has 0 aromatic heterocycles. The molecule has 0 aliphatic rings. The Morgan fingerprint density at radius 1 is 1.07 bits per heavy atom. The third-order valence-corrected chi connectivity index (χ3v) is 1.21. The number of hydrogen-bond acceptors (Lipinski definition) is 3. The van der Waals surface area contributed by atoms with Gasteiger partial charge in [-0.2, -0.15) is 34.6 Å². The molecule has 0 heterocycles.